The Morgan fingerprint density at radius 2 is 1.78 bits per heavy atom. The van der Waals surface area contributed by atoms with Crippen molar-refractivity contribution in [1.29, 1.82) is 0 Å². The van der Waals surface area contributed by atoms with Crippen molar-refractivity contribution in [2.45, 2.75) is 20.8 Å². The number of ether oxygens (including phenoxy) is 2. The van der Waals surface area contributed by atoms with E-state index in [1.165, 1.54) is 7.11 Å². The number of nitrogens with two attached hydrogens (primary N) is 1. The average Bonchev–Trinajstić information content (AvgIpc) is 2.98. The summed E-state index contributed by atoms with van der Waals surface area (Å²) in [6.45, 7) is 5.92. The average molecular weight is 385 g/mol. The summed E-state index contributed by atoms with van der Waals surface area (Å²) in [6.07, 6.45) is -0.948. The van der Waals surface area contributed by atoms with Gasteiger partial charge in [-0.15, -0.1) is 0 Å². The summed E-state index contributed by atoms with van der Waals surface area (Å²) in [4.78, 5) is 27.9. The lowest BCUT2D eigenvalue weighted by Crippen LogP contribution is -2.15. The van der Waals surface area contributed by atoms with Gasteiger partial charge in [0.2, 0.25) is 0 Å². The first-order valence-electron chi connectivity index (χ1n) is 8.13. The Bertz CT molecular complexity index is 1040. The lowest BCUT2D eigenvalue weighted by atomic mass is 10.0. The maximum absolute atomic E-state index is 12.8. The Balaban J connectivity index is 1.98. The second kappa shape index (κ2) is 7.24. The summed E-state index contributed by atoms with van der Waals surface area (Å²) < 4.78 is 10.8. The summed E-state index contributed by atoms with van der Waals surface area (Å²) in [7, 11) is 1.48. The third kappa shape index (κ3) is 3.85. The number of hydrogen-bond acceptors (Lipinski definition) is 6. The number of nitrogens with one attached hydrogen (secondary N) is 1. The van der Waals surface area contributed by atoms with E-state index in [1.54, 1.807) is 12.1 Å². The first kappa shape index (κ1) is 18.7. The van der Waals surface area contributed by atoms with Crippen LogP contribution < -0.4 is 20.5 Å². The van der Waals surface area contributed by atoms with E-state index in [9.17, 15) is 9.59 Å². The van der Waals surface area contributed by atoms with E-state index < -0.39 is 6.09 Å². The number of aryl methyl sites for hydroxylation is 3. The summed E-state index contributed by atoms with van der Waals surface area (Å²) in [6, 6.07) is 7.31. The zero-order valence-electron chi connectivity index (χ0n) is 15.4. The number of fused-ring (bicyclic) bond motifs is 1. The highest BCUT2D eigenvalue weighted by molar-refractivity contribution is 7.20. The van der Waals surface area contributed by atoms with Gasteiger partial charge in [0.05, 0.1) is 11.8 Å². The van der Waals surface area contributed by atoms with Crippen molar-refractivity contribution in [2.75, 3.05) is 12.4 Å². The maximum Gasteiger partial charge on any atom is 0.411 e. The van der Waals surface area contributed by atoms with Gasteiger partial charge in [-0.05, 0) is 44.0 Å². The Morgan fingerprint density at radius 3 is 2.37 bits per heavy atom. The third-order valence-corrected chi connectivity index (χ3v) is 4.91. The van der Waals surface area contributed by atoms with Gasteiger partial charge in [0.15, 0.2) is 0 Å². The van der Waals surface area contributed by atoms with Crippen molar-refractivity contribution in [3.8, 4) is 10.9 Å². The van der Waals surface area contributed by atoms with E-state index in [4.69, 9.17) is 15.2 Å². The number of benzene rings is 2. The second-order valence-corrected chi connectivity index (χ2v) is 7.15. The summed E-state index contributed by atoms with van der Waals surface area (Å²) >= 11 is 1.11. The minimum absolute atomic E-state index is 0.0959. The van der Waals surface area contributed by atoms with Crippen molar-refractivity contribution in [2.24, 2.45) is 5.73 Å². The number of aromatic nitrogens is 1. The van der Waals surface area contributed by atoms with Crippen LogP contribution in [0.5, 0.6) is 10.9 Å². The van der Waals surface area contributed by atoms with Gasteiger partial charge < -0.3 is 20.5 Å². The molecule has 3 aromatic rings. The topological polar surface area (TPSA) is 104 Å². The molecule has 0 aliphatic heterocycles. The van der Waals surface area contributed by atoms with Crippen molar-refractivity contribution in [1.82, 2.24) is 4.98 Å². The molecule has 8 heteroatoms. The van der Waals surface area contributed by atoms with Crippen LogP contribution in [0.15, 0.2) is 24.3 Å². The molecule has 1 heterocycles. The minimum atomic E-state index is -0.948. The van der Waals surface area contributed by atoms with Gasteiger partial charge in [-0.1, -0.05) is 29.0 Å². The number of methoxy groups -OCH3 is 1. The monoisotopic (exact) mass is 385 g/mol. The number of primary amides is 1. The highest BCUT2D eigenvalue weighted by atomic mass is 32.1. The molecule has 0 radical (unpaired) electrons. The standard InChI is InChI=1S/C19H19N3O4S/c1-9-5-10(2)15(11(3)6-9)21-17(23)12-7-13(25-4)16-14(8-12)27-19(22-16)26-18(20)24/h5-8H,1-4H3,(H2,20,24)(H,21,23). The van der Waals surface area contributed by atoms with E-state index in [1.807, 2.05) is 32.9 Å². The highest BCUT2D eigenvalue weighted by Gasteiger charge is 2.17. The van der Waals surface area contributed by atoms with Crippen LogP contribution in [0.2, 0.25) is 0 Å². The molecule has 1 aromatic heterocycles. The third-order valence-electron chi connectivity index (χ3n) is 4.03. The zero-order chi connectivity index (χ0) is 19.7. The Kier molecular flexibility index (Phi) is 5.00. The van der Waals surface area contributed by atoms with Crippen molar-refractivity contribution in [3.05, 3.63) is 46.5 Å². The van der Waals surface area contributed by atoms with Crippen LogP contribution in [-0.4, -0.2) is 24.1 Å². The molecule has 0 bridgehead atoms. The van der Waals surface area contributed by atoms with E-state index in [0.29, 0.717) is 21.5 Å². The number of nitrogens with zero attached hydrogens (tertiary/aromatic N) is 1. The largest absolute Gasteiger partial charge is 0.494 e. The highest BCUT2D eigenvalue weighted by Crippen LogP contribution is 2.35. The van der Waals surface area contributed by atoms with E-state index in [0.717, 1.165) is 33.7 Å². The Hall–Kier alpha value is -3.13. The predicted molar refractivity (Wildman–Crippen MR) is 105 cm³/mol. The summed E-state index contributed by atoms with van der Waals surface area (Å²) in [5.41, 5.74) is 9.84. The van der Waals surface area contributed by atoms with Crippen molar-refractivity contribution >= 4 is 39.2 Å². The molecule has 0 fully saturated rings. The molecule has 3 rings (SSSR count). The van der Waals surface area contributed by atoms with Gasteiger partial charge in [-0.3, -0.25) is 4.79 Å². The molecule has 0 aliphatic carbocycles. The van der Waals surface area contributed by atoms with Crippen LogP contribution in [0.25, 0.3) is 10.2 Å². The number of rotatable bonds is 4. The molecule has 7 nitrogen and oxygen atoms in total. The summed E-state index contributed by atoms with van der Waals surface area (Å²) in [5, 5.41) is 3.06. The molecule has 2 amide bonds. The molecule has 0 atom stereocenters. The molecule has 0 unspecified atom stereocenters. The van der Waals surface area contributed by atoms with Gasteiger partial charge in [0, 0.05) is 11.3 Å². The van der Waals surface area contributed by atoms with Gasteiger partial charge in [0.1, 0.15) is 11.3 Å². The fraction of sp³-hybridized carbons (Fsp3) is 0.211. The number of hydrogen-bond donors (Lipinski definition) is 2. The van der Waals surface area contributed by atoms with Crippen LogP contribution >= 0.6 is 11.3 Å². The van der Waals surface area contributed by atoms with Crippen LogP contribution in [-0.2, 0) is 0 Å². The number of anilines is 1. The predicted octanol–water partition coefficient (Wildman–Crippen LogP) is 3.94. The number of amides is 2. The molecular formula is C19H19N3O4S. The molecule has 27 heavy (non-hydrogen) atoms. The lowest BCUT2D eigenvalue weighted by Gasteiger charge is -2.13. The Labute approximate surface area is 160 Å². The van der Waals surface area contributed by atoms with Crippen molar-refractivity contribution < 1.29 is 19.1 Å². The number of thiazole rings is 1. The fourth-order valence-corrected chi connectivity index (χ4v) is 3.84. The second-order valence-electron chi connectivity index (χ2n) is 6.15. The van der Waals surface area contributed by atoms with Crippen LogP contribution in [0, 0.1) is 20.8 Å². The van der Waals surface area contributed by atoms with E-state index >= 15 is 0 Å². The normalized spacial score (nSPS) is 10.7. The fourth-order valence-electron chi connectivity index (χ4n) is 2.96. The Morgan fingerprint density at radius 1 is 1.11 bits per heavy atom. The molecule has 2 aromatic carbocycles. The van der Waals surface area contributed by atoms with Gasteiger partial charge >= 0.3 is 6.09 Å². The van der Waals surface area contributed by atoms with E-state index in [-0.39, 0.29) is 11.1 Å². The lowest BCUT2D eigenvalue weighted by molar-refractivity contribution is 0.102. The molecule has 3 N–H and O–H groups in total. The first-order valence-corrected chi connectivity index (χ1v) is 8.95. The van der Waals surface area contributed by atoms with E-state index in [2.05, 4.69) is 10.3 Å². The zero-order valence-corrected chi connectivity index (χ0v) is 16.2. The van der Waals surface area contributed by atoms with Gasteiger partial charge in [0.25, 0.3) is 11.1 Å². The summed E-state index contributed by atoms with van der Waals surface area (Å²) in [5.74, 6) is 0.140. The maximum atomic E-state index is 12.8. The minimum Gasteiger partial charge on any atom is -0.494 e. The number of carbonyl (C=O) groups excluding carboxylic acids is 2. The first-order chi connectivity index (χ1) is 12.8. The van der Waals surface area contributed by atoms with Crippen LogP contribution in [0.4, 0.5) is 10.5 Å². The number of carbonyl (C=O) groups is 2. The molecule has 0 saturated carbocycles. The molecule has 140 valence electrons. The van der Waals surface area contributed by atoms with Gasteiger partial charge in [-0.25, -0.2) is 4.79 Å². The van der Waals surface area contributed by atoms with Crippen molar-refractivity contribution in [3.63, 3.8) is 0 Å². The SMILES string of the molecule is COc1cc(C(=O)Nc2c(C)cc(C)cc2C)cc2sc(OC(N)=O)nc12. The van der Waals surface area contributed by atoms with Crippen LogP contribution in [0.3, 0.4) is 0 Å². The molecular weight excluding hydrogens is 366 g/mol. The smallest absolute Gasteiger partial charge is 0.411 e. The molecule has 0 spiro atoms. The van der Waals surface area contributed by atoms with Crippen LogP contribution in [0.1, 0.15) is 27.0 Å². The van der Waals surface area contributed by atoms with Gasteiger partial charge in [-0.2, -0.15) is 4.98 Å². The quantitative estimate of drug-likeness (QED) is 0.708. The molecule has 0 saturated heterocycles. The molecule has 0 aliphatic rings.